The quantitative estimate of drug-likeness (QED) is 0.769. The molecule has 8 heteroatoms. The van der Waals surface area contributed by atoms with Gasteiger partial charge in [-0.15, -0.1) is 10.2 Å². The summed E-state index contributed by atoms with van der Waals surface area (Å²) in [5.41, 5.74) is 0.898. The number of fused-ring (bicyclic) bond motifs is 1. The maximum atomic E-state index is 13.1. The van der Waals surface area contributed by atoms with Crippen LogP contribution in [0.15, 0.2) is 29.4 Å². The Labute approximate surface area is 156 Å². The molecule has 2 aliphatic heterocycles. The van der Waals surface area contributed by atoms with Crippen LogP contribution in [-0.2, 0) is 11.3 Å². The van der Waals surface area contributed by atoms with Gasteiger partial charge in [-0.3, -0.25) is 9.36 Å². The van der Waals surface area contributed by atoms with E-state index in [1.807, 2.05) is 14.4 Å². The monoisotopic (exact) mass is 375 g/mol. The Balaban J connectivity index is 1.41. The summed E-state index contributed by atoms with van der Waals surface area (Å²) in [6, 6.07) is 6.39. The number of benzene rings is 1. The number of halogens is 1. The maximum Gasteiger partial charge on any atom is 0.233 e. The highest BCUT2D eigenvalue weighted by atomic mass is 32.2. The van der Waals surface area contributed by atoms with Crippen LogP contribution in [0.3, 0.4) is 0 Å². The van der Waals surface area contributed by atoms with Gasteiger partial charge in [-0.1, -0.05) is 24.6 Å². The van der Waals surface area contributed by atoms with Gasteiger partial charge in [0.2, 0.25) is 11.9 Å². The molecular formula is C18H22FN5OS. The van der Waals surface area contributed by atoms with E-state index in [1.54, 1.807) is 12.1 Å². The smallest absolute Gasteiger partial charge is 0.233 e. The Morgan fingerprint density at radius 3 is 2.46 bits per heavy atom. The van der Waals surface area contributed by atoms with Crippen molar-refractivity contribution in [2.75, 3.05) is 30.3 Å². The number of anilines is 2. The number of nitrogens with zero attached hydrogens (tertiary/aromatic N) is 5. The number of hydrogen-bond donors (Lipinski definition) is 0. The van der Waals surface area contributed by atoms with Gasteiger partial charge in [0.15, 0.2) is 5.16 Å². The Bertz CT molecular complexity index is 770. The van der Waals surface area contributed by atoms with Crippen molar-refractivity contribution in [1.82, 2.24) is 19.7 Å². The van der Waals surface area contributed by atoms with Gasteiger partial charge < -0.3 is 9.80 Å². The summed E-state index contributed by atoms with van der Waals surface area (Å²) in [5.74, 6) is 1.08. The minimum atomic E-state index is -0.252. The summed E-state index contributed by atoms with van der Waals surface area (Å²) < 4.78 is 15.2. The van der Waals surface area contributed by atoms with Crippen LogP contribution in [0.1, 0.15) is 25.7 Å². The van der Waals surface area contributed by atoms with Crippen molar-refractivity contribution in [1.29, 1.82) is 0 Å². The summed E-state index contributed by atoms with van der Waals surface area (Å²) in [7, 11) is 0. The lowest BCUT2D eigenvalue weighted by molar-refractivity contribution is -0.128. The number of amides is 1. The summed E-state index contributed by atoms with van der Waals surface area (Å²) in [6.07, 6.45) is 4.63. The molecule has 1 aromatic heterocycles. The lowest BCUT2D eigenvalue weighted by atomic mass is 10.2. The van der Waals surface area contributed by atoms with Crippen molar-refractivity contribution in [3.8, 4) is 0 Å². The molecular weight excluding hydrogens is 353 g/mol. The van der Waals surface area contributed by atoms with E-state index < -0.39 is 0 Å². The van der Waals surface area contributed by atoms with Gasteiger partial charge in [0.25, 0.3) is 0 Å². The highest BCUT2D eigenvalue weighted by molar-refractivity contribution is 7.99. The van der Waals surface area contributed by atoms with Crippen molar-refractivity contribution in [3.05, 3.63) is 30.1 Å². The first-order valence-electron chi connectivity index (χ1n) is 9.09. The molecule has 3 heterocycles. The van der Waals surface area contributed by atoms with Crippen LogP contribution in [0.25, 0.3) is 0 Å². The molecule has 1 aromatic carbocycles. The second-order valence-corrected chi connectivity index (χ2v) is 7.59. The molecule has 138 valence electrons. The molecule has 2 aliphatic rings. The molecule has 0 unspecified atom stereocenters. The van der Waals surface area contributed by atoms with Crippen molar-refractivity contribution in [3.63, 3.8) is 0 Å². The van der Waals surface area contributed by atoms with Crippen LogP contribution in [0.4, 0.5) is 16.0 Å². The molecule has 1 fully saturated rings. The molecule has 0 atom stereocenters. The number of thioether (sulfide) groups is 1. The van der Waals surface area contributed by atoms with E-state index in [9.17, 15) is 9.18 Å². The molecule has 0 N–H and O–H groups in total. The molecule has 0 spiro atoms. The van der Waals surface area contributed by atoms with Gasteiger partial charge in [-0.2, -0.15) is 0 Å². The van der Waals surface area contributed by atoms with Gasteiger partial charge in [-0.25, -0.2) is 4.39 Å². The highest BCUT2D eigenvalue weighted by Crippen LogP contribution is 2.32. The third kappa shape index (κ3) is 3.56. The van der Waals surface area contributed by atoms with Crippen LogP contribution in [0, 0.1) is 5.82 Å². The van der Waals surface area contributed by atoms with Crippen LogP contribution in [0.2, 0.25) is 0 Å². The average Bonchev–Trinajstić information content (AvgIpc) is 3.12. The Hall–Kier alpha value is -2.09. The number of rotatable bonds is 4. The fourth-order valence-corrected chi connectivity index (χ4v) is 4.35. The van der Waals surface area contributed by atoms with Crippen molar-refractivity contribution >= 4 is 29.3 Å². The zero-order valence-corrected chi connectivity index (χ0v) is 15.4. The summed E-state index contributed by atoms with van der Waals surface area (Å²) in [5, 5.41) is 9.31. The zero-order chi connectivity index (χ0) is 17.9. The number of hydrogen-bond acceptors (Lipinski definition) is 5. The molecule has 0 radical (unpaired) electrons. The number of carbonyl (C=O) groups excluding carboxylic acids is 1. The standard InChI is InChI=1S/C18H22FN5OS/c19-14-5-7-15(8-6-14)23-11-12-24-17(23)20-21-18(24)26-13-16(25)22-9-3-1-2-4-10-22/h5-8H,1-4,9-13H2. The van der Waals surface area contributed by atoms with Gasteiger partial charge >= 0.3 is 0 Å². The van der Waals surface area contributed by atoms with Crippen LogP contribution in [0.5, 0.6) is 0 Å². The Kier molecular flexibility index (Phi) is 5.10. The predicted molar refractivity (Wildman–Crippen MR) is 99.2 cm³/mol. The Morgan fingerprint density at radius 2 is 1.73 bits per heavy atom. The predicted octanol–water partition coefficient (Wildman–Crippen LogP) is 3.06. The van der Waals surface area contributed by atoms with Crippen LogP contribution < -0.4 is 4.90 Å². The van der Waals surface area contributed by atoms with Gasteiger partial charge in [0.1, 0.15) is 5.82 Å². The molecule has 0 aliphatic carbocycles. The zero-order valence-electron chi connectivity index (χ0n) is 14.6. The van der Waals surface area contributed by atoms with Crippen LogP contribution in [-0.4, -0.2) is 51.0 Å². The van der Waals surface area contributed by atoms with Crippen molar-refractivity contribution < 1.29 is 9.18 Å². The molecule has 6 nitrogen and oxygen atoms in total. The second kappa shape index (κ2) is 7.65. The summed E-state index contributed by atoms with van der Waals surface area (Å²) in [4.78, 5) is 16.5. The van der Waals surface area contributed by atoms with Gasteiger partial charge in [0.05, 0.1) is 5.75 Å². The van der Waals surface area contributed by atoms with E-state index in [2.05, 4.69) is 10.2 Å². The van der Waals surface area contributed by atoms with Crippen LogP contribution >= 0.6 is 11.8 Å². The molecule has 26 heavy (non-hydrogen) atoms. The van der Waals surface area contributed by atoms with Gasteiger partial charge in [-0.05, 0) is 37.1 Å². The lowest BCUT2D eigenvalue weighted by Gasteiger charge is -2.19. The van der Waals surface area contributed by atoms with Crippen molar-refractivity contribution in [2.24, 2.45) is 0 Å². The fraction of sp³-hybridized carbons (Fsp3) is 0.500. The molecule has 1 saturated heterocycles. The highest BCUT2D eigenvalue weighted by Gasteiger charge is 2.26. The second-order valence-electron chi connectivity index (χ2n) is 6.65. The fourth-order valence-electron chi connectivity index (χ4n) is 3.49. The topological polar surface area (TPSA) is 54.3 Å². The van der Waals surface area contributed by atoms with Crippen molar-refractivity contribution in [2.45, 2.75) is 37.4 Å². The molecule has 0 saturated carbocycles. The Morgan fingerprint density at radius 1 is 1.00 bits per heavy atom. The lowest BCUT2D eigenvalue weighted by Crippen LogP contribution is -2.33. The number of likely N-dealkylation sites (tertiary alicyclic amines) is 1. The summed E-state index contributed by atoms with van der Waals surface area (Å²) in [6.45, 7) is 3.27. The average molecular weight is 375 g/mol. The van der Waals surface area contributed by atoms with E-state index >= 15 is 0 Å². The van der Waals surface area contributed by atoms with E-state index in [4.69, 9.17) is 0 Å². The third-order valence-electron chi connectivity index (χ3n) is 4.91. The first-order chi connectivity index (χ1) is 12.7. The molecule has 2 aromatic rings. The van der Waals surface area contributed by atoms with E-state index in [0.717, 1.165) is 55.8 Å². The number of carbonyl (C=O) groups is 1. The molecule has 0 bridgehead atoms. The minimum Gasteiger partial charge on any atom is -0.342 e. The first-order valence-corrected chi connectivity index (χ1v) is 10.1. The van der Waals surface area contributed by atoms with E-state index in [1.165, 1.54) is 36.7 Å². The summed E-state index contributed by atoms with van der Waals surface area (Å²) >= 11 is 1.45. The first kappa shape index (κ1) is 17.3. The number of aromatic nitrogens is 3. The third-order valence-corrected chi connectivity index (χ3v) is 5.86. The van der Waals surface area contributed by atoms with E-state index in [0.29, 0.717) is 5.75 Å². The van der Waals surface area contributed by atoms with Gasteiger partial charge in [0, 0.05) is 31.9 Å². The SMILES string of the molecule is O=C(CSc1nnc2n1CCN2c1ccc(F)cc1)N1CCCCCC1. The van der Waals surface area contributed by atoms with E-state index in [-0.39, 0.29) is 11.7 Å². The maximum absolute atomic E-state index is 13.1. The normalized spacial score (nSPS) is 17.3. The molecule has 1 amide bonds. The largest absolute Gasteiger partial charge is 0.342 e. The minimum absolute atomic E-state index is 0.183. The molecule has 4 rings (SSSR count).